The molecule has 0 amide bonds. The van der Waals surface area contributed by atoms with E-state index in [4.69, 9.17) is 15.7 Å². The molecule has 9 nitrogen and oxygen atoms in total. The normalized spacial score (nSPS) is 11.9. The lowest BCUT2D eigenvalue weighted by Gasteiger charge is -2.08. The minimum atomic E-state index is -4.03. The average Bonchev–Trinajstić information content (AvgIpc) is 3.03. The average molecular weight is 363 g/mol. The Balaban J connectivity index is 2.15. The van der Waals surface area contributed by atoms with Crippen molar-refractivity contribution in [3.63, 3.8) is 0 Å². The molecule has 2 rings (SSSR count). The SMILES string of the molecule is COS(=O)(=O)Oc1ccc(-n2cccc2/C=C/C=N/N=C(N)N)cc1. The molecule has 0 saturated heterocycles. The van der Waals surface area contributed by atoms with E-state index in [1.807, 2.05) is 29.0 Å². The molecule has 0 aliphatic carbocycles. The summed E-state index contributed by atoms with van der Waals surface area (Å²) in [5, 5.41) is 7.14. The van der Waals surface area contributed by atoms with Crippen LogP contribution < -0.4 is 15.7 Å². The quantitative estimate of drug-likeness (QED) is 0.428. The Labute approximate surface area is 145 Å². The van der Waals surface area contributed by atoms with Crippen molar-refractivity contribution in [2.24, 2.45) is 21.7 Å². The topological polar surface area (TPSA) is 134 Å². The van der Waals surface area contributed by atoms with Crippen molar-refractivity contribution < 1.29 is 16.8 Å². The van der Waals surface area contributed by atoms with Crippen LogP contribution in [0, 0.1) is 0 Å². The molecule has 0 atom stereocenters. The van der Waals surface area contributed by atoms with Gasteiger partial charge in [0, 0.05) is 23.8 Å². The van der Waals surface area contributed by atoms with Crippen molar-refractivity contribution in [2.45, 2.75) is 0 Å². The Morgan fingerprint density at radius 3 is 2.56 bits per heavy atom. The van der Waals surface area contributed by atoms with E-state index in [9.17, 15) is 8.42 Å². The highest BCUT2D eigenvalue weighted by molar-refractivity contribution is 7.82. The highest BCUT2D eigenvalue weighted by atomic mass is 32.3. The van der Waals surface area contributed by atoms with Crippen molar-refractivity contribution in [1.82, 2.24) is 4.57 Å². The summed E-state index contributed by atoms with van der Waals surface area (Å²) in [6.07, 6.45) is 6.80. The van der Waals surface area contributed by atoms with E-state index in [0.717, 1.165) is 18.5 Å². The Hall–Kier alpha value is -3.11. The molecule has 132 valence electrons. The number of nitrogens with two attached hydrogens (primary N) is 2. The van der Waals surface area contributed by atoms with Crippen LogP contribution in [-0.2, 0) is 14.6 Å². The molecule has 0 aliphatic heterocycles. The summed E-state index contributed by atoms with van der Waals surface area (Å²) >= 11 is 0. The molecule has 0 bridgehead atoms. The first-order valence-electron chi connectivity index (χ1n) is 6.98. The Kier molecular flexibility index (Phi) is 5.93. The molecule has 1 heterocycles. The minimum absolute atomic E-state index is 0.120. The summed E-state index contributed by atoms with van der Waals surface area (Å²) in [7, 11) is -3.01. The molecule has 1 aromatic carbocycles. The number of nitrogens with zero attached hydrogens (tertiary/aromatic N) is 3. The molecule has 4 N–H and O–H groups in total. The van der Waals surface area contributed by atoms with E-state index in [2.05, 4.69) is 14.4 Å². The number of hydrogen-bond donors (Lipinski definition) is 2. The summed E-state index contributed by atoms with van der Waals surface area (Å²) in [4.78, 5) is 0. The van der Waals surface area contributed by atoms with Gasteiger partial charge in [-0.2, -0.15) is 13.5 Å². The Bertz CT molecular complexity index is 894. The summed E-state index contributed by atoms with van der Waals surface area (Å²) in [5.41, 5.74) is 12.0. The van der Waals surface area contributed by atoms with Crippen molar-refractivity contribution in [2.75, 3.05) is 7.11 Å². The van der Waals surface area contributed by atoms with E-state index in [1.54, 1.807) is 18.2 Å². The molecule has 10 heteroatoms. The smallest absolute Gasteiger partial charge is 0.369 e. The van der Waals surface area contributed by atoms with Gasteiger partial charge in [0.05, 0.1) is 7.11 Å². The van der Waals surface area contributed by atoms with Crippen LogP contribution in [0.5, 0.6) is 5.75 Å². The van der Waals surface area contributed by atoms with Crippen LogP contribution in [0.4, 0.5) is 0 Å². The zero-order valence-corrected chi connectivity index (χ0v) is 14.1. The third kappa shape index (κ3) is 5.48. The van der Waals surface area contributed by atoms with E-state index < -0.39 is 10.4 Å². The van der Waals surface area contributed by atoms with Gasteiger partial charge >= 0.3 is 10.4 Å². The first-order valence-corrected chi connectivity index (χ1v) is 8.31. The summed E-state index contributed by atoms with van der Waals surface area (Å²) < 4.78 is 33.4. The van der Waals surface area contributed by atoms with Gasteiger partial charge in [-0.15, -0.1) is 5.10 Å². The summed E-state index contributed by atoms with van der Waals surface area (Å²) in [5.74, 6) is 0.0324. The van der Waals surface area contributed by atoms with Gasteiger partial charge in [0.25, 0.3) is 0 Å². The third-order valence-electron chi connectivity index (χ3n) is 2.89. The summed E-state index contributed by atoms with van der Waals surface area (Å²) in [6.45, 7) is 0. The lowest BCUT2D eigenvalue weighted by atomic mass is 10.3. The number of hydrogen-bond acceptors (Lipinski definition) is 6. The molecule has 0 saturated carbocycles. The Morgan fingerprint density at radius 1 is 1.20 bits per heavy atom. The first kappa shape index (κ1) is 18.2. The maximum atomic E-state index is 11.3. The second kappa shape index (κ2) is 8.13. The van der Waals surface area contributed by atoms with Gasteiger partial charge in [0.1, 0.15) is 5.75 Å². The van der Waals surface area contributed by atoms with Crippen LogP contribution in [0.15, 0.2) is 58.9 Å². The van der Waals surface area contributed by atoms with Crippen molar-refractivity contribution in [1.29, 1.82) is 0 Å². The number of aromatic nitrogens is 1. The second-order valence-corrected chi connectivity index (χ2v) is 5.92. The molecule has 25 heavy (non-hydrogen) atoms. The van der Waals surface area contributed by atoms with E-state index in [0.29, 0.717) is 0 Å². The zero-order chi connectivity index (χ0) is 18.3. The Morgan fingerprint density at radius 2 is 1.92 bits per heavy atom. The summed E-state index contributed by atoms with van der Waals surface area (Å²) in [6, 6.07) is 10.2. The molecule has 2 aromatic rings. The standard InChI is InChI=1S/C15H17N5O4S/c1-23-25(21,22)24-14-8-6-13(7-9-14)20-11-3-5-12(20)4-2-10-18-19-15(16)17/h2-11H,1H3,(H4,16,17,19)/b4-2+,18-10+. The predicted octanol–water partition coefficient (Wildman–Crippen LogP) is 1.02. The van der Waals surface area contributed by atoms with Gasteiger partial charge in [-0.25, -0.2) is 4.18 Å². The van der Waals surface area contributed by atoms with Crippen LogP contribution in [0.2, 0.25) is 0 Å². The fourth-order valence-corrected chi connectivity index (χ4v) is 2.27. The highest BCUT2D eigenvalue weighted by Crippen LogP contribution is 2.19. The van der Waals surface area contributed by atoms with Crippen LogP contribution in [-0.4, -0.2) is 32.3 Å². The lowest BCUT2D eigenvalue weighted by Crippen LogP contribution is -2.21. The fourth-order valence-electron chi connectivity index (χ4n) is 1.86. The van der Waals surface area contributed by atoms with Crippen LogP contribution in [0.3, 0.4) is 0 Å². The van der Waals surface area contributed by atoms with Gasteiger partial charge in [0.2, 0.25) is 5.96 Å². The predicted molar refractivity (Wildman–Crippen MR) is 95.7 cm³/mol. The number of guanidine groups is 1. The van der Waals surface area contributed by atoms with E-state index >= 15 is 0 Å². The largest absolute Gasteiger partial charge is 0.448 e. The molecular weight excluding hydrogens is 346 g/mol. The van der Waals surface area contributed by atoms with Crippen LogP contribution in [0.1, 0.15) is 5.69 Å². The maximum absolute atomic E-state index is 11.3. The minimum Gasteiger partial charge on any atom is -0.369 e. The van der Waals surface area contributed by atoms with Crippen molar-refractivity contribution in [3.05, 3.63) is 54.4 Å². The molecule has 0 fully saturated rings. The number of allylic oxidation sites excluding steroid dienone is 1. The molecular formula is C15H17N5O4S. The first-order chi connectivity index (χ1) is 11.9. The van der Waals surface area contributed by atoms with Gasteiger partial charge in [-0.3, -0.25) is 0 Å². The maximum Gasteiger partial charge on any atom is 0.448 e. The van der Waals surface area contributed by atoms with E-state index in [1.165, 1.54) is 18.3 Å². The number of rotatable bonds is 7. The third-order valence-corrected chi connectivity index (χ3v) is 3.70. The van der Waals surface area contributed by atoms with E-state index in [-0.39, 0.29) is 11.7 Å². The van der Waals surface area contributed by atoms with Crippen molar-refractivity contribution in [3.8, 4) is 11.4 Å². The molecule has 0 spiro atoms. The molecule has 0 radical (unpaired) electrons. The van der Waals surface area contributed by atoms with Crippen molar-refractivity contribution >= 4 is 28.6 Å². The lowest BCUT2D eigenvalue weighted by molar-refractivity contribution is 0.330. The monoisotopic (exact) mass is 363 g/mol. The van der Waals surface area contributed by atoms with Gasteiger partial charge < -0.3 is 20.2 Å². The van der Waals surface area contributed by atoms with Gasteiger partial charge in [0.15, 0.2) is 0 Å². The zero-order valence-electron chi connectivity index (χ0n) is 13.3. The van der Waals surface area contributed by atoms with Gasteiger partial charge in [-0.05, 0) is 48.6 Å². The fraction of sp³-hybridized carbons (Fsp3) is 0.0667. The number of benzene rings is 1. The van der Waals surface area contributed by atoms with Gasteiger partial charge in [-0.1, -0.05) is 0 Å². The van der Waals surface area contributed by atoms with Crippen LogP contribution in [0.25, 0.3) is 11.8 Å². The highest BCUT2D eigenvalue weighted by Gasteiger charge is 2.10. The molecule has 0 aliphatic rings. The second-order valence-electron chi connectivity index (χ2n) is 4.60. The van der Waals surface area contributed by atoms with Crippen LogP contribution >= 0.6 is 0 Å². The molecule has 1 aromatic heterocycles. The molecule has 0 unspecified atom stereocenters.